The molecular formula is C17H15N5O3. The molecule has 8 nitrogen and oxygen atoms in total. The monoisotopic (exact) mass is 337 g/mol. The first-order valence-corrected chi connectivity index (χ1v) is 7.58. The number of amides is 1. The van der Waals surface area contributed by atoms with E-state index in [2.05, 4.69) is 15.1 Å². The summed E-state index contributed by atoms with van der Waals surface area (Å²) in [7, 11) is 0. The standard InChI is InChI=1S/C17H15N5O3/c1-12-16(11-19-10-13-6-8-18-9-7-13)17(23)21(20-12)14-2-4-15(5-3-14)22(24)25/h2-9,11,16H,10H2,1H3/t16-/m0/s1. The van der Waals surface area contributed by atoms with E-state index in [1.54, 1.807) is 25.5 Å². The minimum atomic E-state index is -0.531. The van der Waals surface area contributed by atoms with E-state index in [9.17, 15) is 14.9 Å². The fraction of sp³-hybridized carbons (Fsp3) is 0.176. The first-order chi connectivity index (χ1) is 12.1. The number of carbonyl (C=O) groups is 1. The molecule has 1 aliphatic rings. The van der Waals surface area contributed by atoms with E-state index < -0.39 is 10.8 Å². The number of pyridine rings is 1. The molecule has 3 rings (SSSR count). The largest absolute Gasteiger partial charge is 0.292 e. The molecule has 0 unspecified atom stereocenters. The molecule has 0 N–H and O–H groups in total. The van der Waals surface area contributed by atoms with Crippen LogP contribution in [-0.2, 0) is 11.3 Å². The first-order valence-electron chi connectivity index (χ1n) is 7.58. The zero-order valence-corrected chi connectivity index (χ0v) is 13.4. The molecule has 0 spiro atoms. The fourth-order valence-corrected chi connectivity index (χ4v) is 2.40. The quantitative estimate of drug-likeness (QED) is 0.475. The van der Waals surface area contributed by atoms with Crippen LogP contribution in [0, 0.1) is 16.0 Å². The third-order valence-corrected chi connectivity index (χ3v) is 3.77. The van der Waals surface area contributed by atoms with Crippen molar-refractivity contribution >= 4 is 29.2 Å². The van der Waals surface area contributed by atoms with Crippen LogP contribution in [0.3, 0.4) is 0 Å². The van der Waals surface area contributed by atoms with Gasteiger partial charge in [0.1, 0.15) is 5.92 Å². The number of nitro benzene ring substituents is 1. The number of carbonyl (C=O) groups excluding carboxylic acids is 1. The molecule has 126 valence electrons. The predicted octanol–water partition coefficient (Wildman–Crippen LogP) is 2.60. The third kappa shape index (κ3) is 3.57. The zero-order chi connectivity index (χ0) is 17.8. The Bertz CT molecular complexity index is 846. The van der Waals surface area contributed by atoms with E-state index in [1.807, 2.05) is 12.1 Å². The second-order valence-corrected chi connectivity index (χ2v) is 5.49. The molecule has 2 heterocycles. The van der Waals surface area contributed by atoms with Crippen LogP contribution in [0.4, 0.5) is 11.4 Å². The summed E-state index contributed by atoms with van der Waals surface area (Å²) in [5.74, 6) is -0.762. The van der Waals surface area contributed by atoms with E-state index in [4.69, 9.17) is 0 Å². The Morgan fingerprint density at radius 1 is 1.24 bits per heavy atom. The number of hydrazone groups is 1. The van der Waals surface area contributed by atoms with Crippen LogP contribution in [0.25, 0.3) is 0 Å². The highest BCUT2D eigenvalue weighted by Gasteiger charge is 2.33. The van der Waals surface area contributed by atoms with E-state index in [0.717, 1.165) is 5.56 Å². The highest BCUT2D eigenvalue weighted by atomic mass is 16.6. The van der Waals surface area contributed by atoms with Gasteiger partial charge in [0.05, 0.1) is 22.9 Å². The van der Waals surface area contributed by atoms with Gasteiger partial charge in [0, 0.05) is 30.7 Å². The number of nitrogens with zero attached hydrogens (tertiary/aromatic N) is 5. The van der Waals surface area contributed by atoms with E-state index >= 15 is 0 Å². The molecule has 8 heteroatoms. The second kappa shape index (κ2) is 7.00. The molecule has 1 aromatic carbocycles. The van der Waals surface area contributed by atoms with Crippen LogP contribution < -0.4 is 5.01 Å². The van der Waals surface area contributed by atoms with Gasteiger partial charge in [-0.05, 0) is 36.8 Å². The summed E-state index contributed by atoms with van der Waals surface area (Å²) in [5, 5.41) is 16.2. The maximum Gasteiger partial charge on any atom is 0.269 e. The summed E-state index contributed by atoms with van der Waals surface area (Å²) in [6.45, 7) is 2.21. The number of aromatic nitrogens is 1. The Kier molecular flexibility index (Phi) is 4.60. The summed E-state index contributed by atoms with van der Waals surface area (Å²) < 4.78 is 0. The van der Waals surface area contributed by atoms with Gasteiger partial charge in [-0.3, -0.25) is 24.9 Å². The molecular weight excluding hydrogens is 322 g/mol. The molecule has 1 aromatic heterocycles. The van der Waals surface area contributed by atoms with Gasteiger partial charge in [0.15, 0.2) is 0 Å². The first kappa shape index (κ1) is 16.4. The second-order valence-electron chi connectivity index (χ2n) is 5.49. The number of rotatable bonds is 5. The summed E-state index contributed by atoms with van der Waals surface area (Å²) in [5.41, 5.74) is 2.08. The SMILES string of the molecule is CC1=NN(c2ccc([N+](=O)[O-])cc2)C(=O)[C@H]1C=NCc1ccncc1. The normalized spacial score (nSPS) is 17.2. The number of nitro groups is 1. The minimum absolute atomic E-state index is 0.0356. The van der Waals surface area contributed by atoms with Gasteiger partial charge in [-0.2, -0.15) is 10.1 Å². The molecule has 0 saturated carbocycles. The van der Waals surface area contributed by atoms with Crippen LogP contribution in [0.5, 0.6) is 0 Å². The van der Waals surface area contributed by atoms with Crippen molar-refractivity contribution in [2.24, 2.45) is 16.0 Å². The van der Waals surface area contributed by atoms with Crippen molar-refractivity contribution in [2.75, 3.05) is 5.01 Å². The van der Waals surface area contributed by atoms with Crippen molar-refractivity contribution in [3.63, 3.8) is 0 Å². The lowest BCUT2D eigenvalue weighted by Gasteiger charge is -2.12. The molecule has 0 radical (unpaired) electrons. The molecule has 1 atom stereocenters. The topological polar surface area (TPSA) is 101 Å². The summed E-state index contributed by atoms with van der Waals surface area (Å²) in [6.07, 6.45) is 4.97. The van der Waals surface area contributed by atoms with Gasteiger partial charge in [-0.1, -0.05) is 0 Å². The maximum absolute atomic E-state index is 12.6. The van der Waals surface area contributed by atoms with Crippen LogP contribution >= 0.6 is 0 Å². The van der Waals surface area contributed by atoms with Crippen molar-refractivity contribution in [3.8, 4) is 0 Å². The number of hydrogen-bond donors (Lipinski definition) is 0. The smallest absolute Gasteiger partial charge is 0.269 e. The predicted molar refractivity (Wildman–Crippen MR) is 93.6 cm³/mol. The lowest BCUT2D eigenvalue weighted by atomic mass is 10.1. The van der Waals surface area contributed by atoms with Gasteiger partial charge in [0.25, 0.3) is 11.6 Å². The molecule has 0 saturated heterocycles. The Balaban J connectivity index is 1.71. The number of non-ortho nitro benzene ring substituents is 1. The van der Waals surface area contributed by atoms with Gasteiger partial charge in [-0.25, -0.2) is 0 Å². The van der Waals surface area contributed by atoms with Crippen molar-refractivity contribution in [1.29, 1.82) is 0 Å². The molecule has 2 aromatic rings. The summed E-state index contributed by atoms with van der Waals surface area (Å²) in [4.78, 5) is 31.0. The van der Waals surface area contributed by atoms with Crippen LogP contribution in [0.15, 0.2) is 58.9 Å². The van der Waals surface area contributed by atoms with Crippen molar-refractivity contribution in [2.45, 2.75) is 13.5 Å². The molecule has 1 aliphatic heterocycles. The highest BCUT2D eigenvalue weighted by molar-refractivity contribution is 6.23. The summed E-state index contributed by atoms with van der Waals surface area (Å²) >= 11 is 0. The third-order valence-electron chi connectivity index (χ3n) is 3.77. The van der Waals surface area contributed by atoms with Crippen molar-refractivity contribution in [3.05, 3.63) is 64.5 Å². The zero-order valence-electron chi connectivity index (χ0n) is 13.4. The van der Waals surface area contributed by atoms with E-state index in [0.29, 0.717) is 17.9 Å². The van der Waals surface area contributed by atoms with Gasteiger partial charge in [0.2, 0.25) is 0 Å². The number of hydrogen-bond acceptors (Lipinski definition) is 6. The number of benzene rings is 1. The minimum Gasteiger partial charge on any atom is -0.292 e. The van der Waals surface area contributed by atoms with E-state index in [-0.39, 0.29) is 11.6 Å². The van der Waals surface area contributed by atoms with Gasteiger partial charge < -0.3 is 0 Å². The van der Waals surface area contributed by atoms with Crippen LogP contribution in [0.2, 0.25) is 0 Å². The molecule has 1 amide bonds. The number of anilines is 1. The Morgan fingerprint density at radius 2 is 1.92 bits per heavy atom. The van der Waals surface area contributed by atoms with E-state index in [1.165, 1.54) is 29.3 Å². The molecule has 0 fully saturated rings. The molecule has 0 bridgehead atoms. The van der Waals surface area contributed by atoms with Crippen molar-refractivity contribution in [1.82, 2.24) is 4.98 Å². The average molecular weight is 337 g/mol. The van der Waals surface area contributed by atoms with Gasteiger partial charge in [-0.15, -0.1) is 0 Å². The Morgan fingerprint density at radius 3 is 2.56 bits per heavy atom. The summed E-state index contributed by atoms with van der Waals surface area (Å²) in [6, 6.07) is 9.42. The average Bonchev–Trinajstić information content (AvgIpc) is 2.91. The van der Waals surface area contributed by atoms with Gasteiger partial charge >= 0.3 is 0 Å². The van der Waals surface area contributed by atoms with Crippen LogP contribution in [0.1, 0.15) is 12.5 Å². The fourth-order valence-electron chi connectivity index (χ4n) is 2.40. The lowest BCUT2D eigenvalue weighted by molar-refractivity contribution is -0.384. The Hall–Kier alpha value is -3.42. The van der Waals surface area contributed by atoms with Crippen molar-refractivity contribution < 1.29 is 9.72 Å². The molecule has 25 heavy (non-hydrogen) atoms. The maximum atomic E-state index is 12.6. The Labute approximate surface area is 143 Å². The van der Waals surface area contributed by atoms with Crippen LogP contribution in [-0.4, -0.2) is 27.7 Å². The molecule has 0 aliphatic carbocycles. The number of aliphatic imine (C=N–C) groups is 1. The highest BCUT2D eigenvalue weighted by Crippen LogP contribution is 2.25. The lowest BCUT2D eigenvalue weighted by Crippen LogP contribution is -2.27.